The van der Waals surface area contributed by atoms with Crippen LogP contribution in [-0.4, -0.2) is 53.1 Å². The monoisotopic (exact) mass is 600 g/mol. The van der Waals surface area contributed by atoms with Crippen LogP contribution in [0.15, 0.2) is 71.5 Å². The predicted octanol–water partition coefficient (Wildman–Crippen LogP) is 8.17. The van der Waals surface area contributed by atoms with Crippen LogP contribution in [0.5, 0.6) is 5.75 Å². The number of anilines is 1. The first-order chi connectivity index (χ1) is 21.2. The highest BCUT2D eigenvalue weighted by Gasteiger charge is 2.10. The summed E-state index contributed by atoms with van der Waals surface area (Å²) in [4.78, 5) is 19.7. The quantitative estimate of drug-likeness (QED) is 0.107. The number of fused-ring (bicyclic) bond motifs is 1. The Balaban J connectivity index is 1.91. The van der Waals surface area contributed by atoms with Crippen molar-refractivity contribution in [2.45, 2.75) is 86.1 Å². The number of benzene rings is 2. The van der Waals surface area contributed by atoms with Gasteiger partial charge in [-0.05, 0) is 82.4 Å². The number of hydrogen-bond acceptors (Lipinski definition) is 5. The van der Waals surface area contributed by atoms with Crippen molar-refractivity contribution in [3.8, 4) is 5.75 Å². The number of carbonyl (C=O) groups excluding carboxylic acids is 1. The fourth-order valence-electron chi connectivity index (χ4n) is 4.96. The molecule has 8 nitrogen and oxygen atoms in total. The molecular formula is C36H52N6O2. The van der Waals surface area contributed by atoms with Gasteiger partial charge in [-0.15, -0.1) is 0 Å². The van der Waals surface area contributed by atoms with E-state index in [1.807, 2.05) is 56.4 Å². The molecule has 0 aliphatic heterocycles. The second-order valence-corrected chi connectivity index (χ2v) is 12.0. The predicted molar refractivity (Wildman–Crippen MR) is 185 cm³/mol. The number of aromatic amines is 1. The number of H-pyrrole nitrogens is 1. The maximum absolute atomic E-state index is 12.2. The van der Waals surface area contributed by atoms with Gasteiger partial charge in [0.05, 0.1) is 17.4 Å². The van der Waals surface area contributed by atoms with Gasteiger partial charge in [0.1, 0.15) is 11.6 Å². The molecule has 0 bridgehead atoms. The molecule has 1 aromatic heterocycles. The van der Waals surface area contributed by atoms with Crippen molar-refractivity contribution >= 4 is 34.0 Å². The Bertz CT molecular complexity index is 1420. The average Bonchev–Trinajstić information content (AvgIpc) is 3.46. The van der Waals surface area contributed by atoms with Gasteiger partial charge in [-0.3, -0.25) is 9.89 Å². The molecule has 0 fully saturated rings. The summed E-state index contributed by atoms with van der Waals surface area (Å²) in [5.41, 5.74) is 4.82. The number of allylic oxidation sites excluding steroid dienone is 2. The van der Waals surface area contributed by atoms with Crippen molar-refractivity contribution in [2.75, 3.05) is 25.5 Å². The van der Waals surface area contributed by atoms with Crippen LogP contribution in [0.3, 0.4) is 0 Å². The zero-order chi connectivity index (χ0) is 31.9. The van der Waals surface area contributed by atoms with E-state index in [2.05, 4.69) is 78.7 Å². The number of nitrogens with zero attached hydrogens (tertiary/aromatic N) is 3. The molecule has 0 spiro atoms. The fraction of sp³-hybridized carbons (Fsp3) is 0.472. The Morgan fingerprint density at radius 3 is 2.68 bits per heavy atom. The number of aliphatic imine (C=N–C) groups is 1. The minimum atomic E-state index is -0.143. The van der Waals surface area contributed by atoms with Crippen molar-refractivity contribution < 1.29 is 9.53 Å². The molecule has 3 N–H and O–H groups in total. The molecule has 8 heteroatoms. The van der Waals surface area contributed by atoms with E-state index >= 15 is 0 Å². The molecule has 0 aliphatic carbocycles. The Morgan fingerprint density at radius 2 is 1.93 bits per heavy atom. The van der Waals surface area contributed by atoms with Crippen molar-refractivity contribution in [1.29, 1.82) is 0 Å². The van der Waals surface area contributed by atoms with E-state index < -0.39 is 0 Å². The van der Waals surface area contributed by atoms with Gasteiger partial charge in [0.2, 0.25) is 0 Å². The molecule has 1 amide bonds. The normalized spacial score (nSPS) is 13.3. The summed E-state index contributed by atoms with van der Waals surface area (Å²) in [5.74, 6) is 1.98. The molecule has 1 unspecified atom stereocenters. The Kier molecular flexibility index (Phi) is 14.0. The lowest BCUT2D eigenvalue weighted by molar-refractivity contribution is -0.123. The zero-order valence-corrected chi connectivity index (χ0v) is 27.7. The number of aromatic nitrogens is 2. The lowest BCUT2D eigenvalue weighted by Crippen LogP contribution is -2.34. The van der Waals surface area contributed by atoms with Gasteiger partial charge in [0, 0.05) is 42.0 Å². The van der Waals surface area contributed by atoms with E-state index in [1.165, 1.54) is 19.3 Å². The van der Waals surface area contributed by atoms with Crippen LogP contribution in [0.2, 0.25) is 0 Å². The number of amidine groups is 1. The lowest BCUT2D eigenvalue weighted by atomic mass is 10.0. The number of carbonyl (C=O) groups is 1. The van der Waals surface area contributed by atoms with E-state index in [0.29, 0.717) is 5.75 Å². The number of amides is 1. The molecule has 3 rings (SSSR count). The number of hydrogen-bond donors (Lipinski definition) is 3. The number of unbranched alkanes of at least 4 members (excludes halogenated alkanes) is 1. The lowest BCUT2D eigenvalue weighted by Gasteiger charge is -2.21. The Morgan fingerprint density at radius 1 is 1.11 bits per heavy atom. The largest absolute Gasteiger partial charge is 0.484 e. The number of ether oxygens (including phenoxy) is 1. The summed E-state index contributed by atoms with van der Waals surface area (Å²) in [5, 5.41) is 14.6. The first-order valence-electron chi connectivity index (χ1n) is 16.1. The van der Waals surface area contributed by atoms with Crippen LogP contribution in [-0.2, 0) is 4.79 Å². The standard InChI is InChI=1S/C36H52N6O2/c1-8-10-17-33(29-15-11-16-32(23-29)44-25-36(43)38-26(3)4)40-35(39-31-18-19-34-30(22-31)24-37-41-34)21-28(6)42(7)20-12-14-27(5)13-9-2/h11,15-19,21-24,26-27H,8-10,12-14,20,25H2,1-7H3,(H,37,41)(H,38,43)(H,39,40)/b28-21+,33-17?. The van der Waals surface area contributed by atoms with Gasteiger partial charge in [-0.25, -0.2) is 4.99 Å². The van der Waals surface area contributed by atoms with Gasteiger partial charge in [0.15, 0.2) is 6.61 Å². The van der Waals surface area contributed by atoms with Crippen LogP contribution in [0.4, 0.5) is 5.69 Å². The molecule has 3 aromatic rings. The summed E-state index contributed by atoms with van der Waals surface area (Å²) in [6.07, 6.45) is 12.9. The third-order valence-electron chi connectivity index (χ3n) is 7.45. The SMILES string of the molecule is CCCC=C(N=C(/C=C(\C)N(C)CCCC(C)CCC)Nc1ccc2[nH]ncc2c1)c1cccc(OCC(=O)NC(C)C)c1. The molecular weight excluding hydrogens is 548 g/mol. The minimum absolute atomic E-state index is 0.0340. The Hall–Kier alpha value is -4.07. The molecule has 0 radical (unpaired) electrons. The summed E-state index contributed by atoms with van der Waals surface area (Å²) >= 11 is 0. The summed E-state index contributed by atoms with van der Waals surface area (Å²) in [7, 11) is 2.15. The summed E-state index contributed by atoms with van der Waals surface area (Å²) in [6.45, 7) is 13.7. The fourth-order valence-corrected chi connectivity index (χ4v) is 4.96. The third-order valence-corrected chi connectivity index (χ3v) is 7.45. The van der Waals surface area contributed by atoms with E-state index in [0.717, 1.165) is 71.1 Å². The first kappa shape index (κ1) is 34.4. The van der Waals surface area contributed by atoms with Crippen molar-refractivity contribution in [3.63, 3.8) is 0 Å². The van der Waals surface area contributed by atoms with E-state index in [4.69, 9.17) is 9.73 Å². The molecule has 1 atom stereocenters. The maximum Gasteiger partial charge on any atom is 0.258 e. The van der Waals surface area contributed by atoms with E-state index in [-0.39, 0.29) is 18.6 Å². The molecule has 44 heavy (non-hydrogen) atoms. The zero-order valence-electron chi connectivity index (χ0n) is 27.7. The second-order valence-electron chi connectivity index (χ2n) is 12.0. The van der Waals surface area contributed by atoms with Crippen LogP contribution < -0.4 is 15.4 Å². The third kappa shape index (κ3) is 11.5. The van der Waals surface area contributed by atoms with E-state index in [9.17, 15) is 4.79 Å². The average molecular weight is 601 g/mol. The summed E-state index contributed by atoms with van der Waals surface area (Å²) in [6, 6.07) is 14.0. The van der Waals surface area contributed by atoms with Crippen LogP contribution in [0.1, 0.15) is 85.6 Å². The van der Waals surface area contributed by atoms with Crippen LogP contribution in [0.25, 0.3) is 16.6 Å². The highest BCUT2D eigenvalue weighted by atomic mass is 16.5. The highest BCUT2D eigenvalue weighted by molar-refractivity contribution is 6.07. The molecule has 0 saturated heterocycles. The van der Waals surface area contributed by atoms with Gasteiger partial charge in [0.25, 0.3) is 5.91 Å². The van der Waals surface area contributed by atoms with Gasteiger partial charge in [-0.2, -0.15) is 5.10 Å². The van der Waals surface area contributed by atoms with Crippen molar-refractivity contribution in [3.05, 3.63) is 72.1 Å². The minimum Gasteiger partial charge on any atom is -0.484 e. The first-order valence-corrected chi connectivity index (χ1v) is 16.1. The summed E-state index contributed by atoms with van der Waals surface area (Å²) < 4.78 is 5.83. The van der Waals surface area contributed by atoms with Crippen molar-refractivity contribution in [2.24, 2.45) is 10.9 Å². The molecule has 2 aromatic carbocycles. The van der Waals surface area contributed by atoms with Gasteiger partial charge in [-0.1, -0.05) is 58.2 Å². The highest BCUT2D eigenvalue weighted by Crippen LogP contribution is 2.24. The Labute approximate surface area is 264 Å². The topological polar surface area (TPSA) is 94.6 Å². The van der Waals surface area contributed by atoms with Crippen LogP contribution in [0, 0.1) is 5.92 Å². The van der Waals surface area contributed by atoms with Crippen molar-refractivity contribution in [1.82, 2.24) is 20.4 Å². The maximum atomic E-state index is 12.2. The number of nitrogens with one attached hydrogen (secondary N) is 3. The van der Waals surface area contributed by atoms with Gasteiger partial charge >= 0.3 is 0 Å². The van der Waals surface area contributed by atoms with Crippen LogP contribution >= 0.6 is 0 Å². The smallest absolute Gasteiger partial charge is 0.258 e. The molecule has 0 aliphatic rings. The number of rotatable bonds is 17. The molecule has 0 saturated carbocycles. The second kappa shape index (κ2) is 17.9. The molecule has 238 valence electrons. The molecule has 1 heterocycles. The van der Waals surface area contributed by atoms with Gasteiger partial charge < -0.3 is 20.3 Å². The van der Waals surface area contributed by atoms with E-state index in [1.54, 1.807) is 0 Å².